The van der Waals surface area contributed by atoms with Gasteiger partial charge in [0.15, 0.2) is 12.0 Å². The number of benzene rings is 2. The highest BCUT2D eigenvalue weighted by Crippen LogP contribution is 2.53. The van der Waals surface area contributed by atoms with E-state index in [-0.39, 0.29) is 29.3 Å². The number of phenolic OH excluding ortho intramolecular Hbond substituents is 1. The molecule has 5 heteroatoms. The van der Waals surface area contributed by atoms with Crippen molar-refractivity contribution in [2.24, 2.45) is 0 Å². The molecule has 2 aromatic carbocycles. The van der Waals surface area contributed by atoms with Crippen molar-refractivity contribution in [2.45, 2.75) is 31.9 Å². The lowest BCUT2D eigenvalue weighted by Crippen LogP contribution is -2.46. The summed E-state index contributed by atoms with van der Waals surface area (Å²) in [6, 6.07) is 14.7. The number of phenols is 1. The van der Waals surface area contributed by atoms with Crippen molar-refractivity contribution in [2.75, 3.05) is 0 Å². The maximum atomic E-state index is 12.4. The summed E-state index contributed by atoms with van der Waals surface area (Å²) in [7, 11) is 0. The second kappa shape index (κ2) is 6.02. The Morgan fingerprint density at radius 2 is 1.81 bits per heavy atom. The standard InChI is InChI=1S/C21H19NO4/c1-12(23)17-11-22(13(2)24)21-20(19(17)14-6-4-3-5-7-14)16-10-15(25)8-9-18(16)26-21/h3-11,19-21,25H,1-2H3/t19-,20-,21+/m1/s1. The highest BCUT2D eigenvalue weighted by Gasteiger charge is 2.49. The predicted octanol–water partition coefficient (Wildman–Crippen LogP) is 3.31. The maximum Gasteiger partial charge on any atom is 0.226 e. The molecule has 132 valence electrons. The van der Waals surface area contributed by atoms with Crippen molar-refractivity contribution in [3.63, 3.8) is 0 Å². The second-order valence-electron chi connectivity index (χ2n) is 6.71. The lowest BCUT2D eigenvalue weighted by molar-refractivity contribution is -0.134. The van der Waals surface area contributed by atoms with E-state index in [0.717, 1.165) is 11.1 Å². The number of nitrogens with zero attached hydrogens (tertiary/aromatic N) is 1. The Bertz CT molecular complexity index is 919. The molecule has 2 aromatic rings. The number of fused-ring (bicyclic) bond motifs is 3. The Hall–Kier alpha value is -3.08. The number of Topliss-reactive ketones (excluding diaryl/α,β-unsaturated/α-hetero) is 1. The molecule has 0 radical (unpaired) electrons. The molecule has 0 unspecified atom stereocenters. The summed E-state index contributed by atoms with van der Waals surface area (Å²) in [4.78, 5) is 26.1. The van der Waals surface area contributed by atoms with Gasteiger partial charge in [0.05, 0.1) is 5.92 Å². The Kier molecular flexibility index (Phi) is 3.80. The minimum absolute atomic E-state index is 0.0860. The summed E-state index contributed by atoms with van der Waals surface area (Å²) in [6.07, 6.45) is 1.08. The van der Waals surface area contributed by atoms with Crippen molar-refractivity contribution in [3.05, 3.63) is 71.4 Å². The van der Waals surface area contributed by atoms with Gasteiger partial charge in [-0.15, -0.1) is 0 Å². The van der Waals surface area contributed by atoms with Crippen LogP contribution in [-0.2, 0) is 9.59 Å². The van der Waals surface area contributed by atoms with Gasteiger partial charge in [-0.25, -0.2) is 0 Å². The first-order chi connectivity index (χ1) is 12.5. The first-order valence-corrected chi connectivity index (χ1v) is 8.53. The second-order valence-corrected chi connectivity index (χ2v) is 6.71. The van der Waals surface area contributed by atoms with Crippen LogP contribution in [0.5, 0.6) is 11.5 Å². The predicted molar refractivity (Wildman–Crippen MR) is 95.7 cm³/mol. The normalized spacial score (nSPS) is 23.5. The van der Waals surface area contributed by atoms with Gasteiger partial charge in [0.1, 0.15) is 11.5 Å². The number of allylic oxidation sites excluding steroid dienone is 1. The number of carbonyl (C=O) groups is 2. The van der Waals surface area contributed by atoms with Gasteiger partial charge in [0, 0.05) is 30.2 Å². The molecule has 0 bridgehead atoms. The molecule has 26 heavy (non-hydrogen) atoms. The third-order valence-corrected chi connectivity index (χ3v) is 5.08. The molecule has 0 saturated carbocycles. The zero-order chi connectivity index (χ0) is 18.4. The number of ether oxygens (including phenoxy) is 1. The molecule has 0 spiro atoms. The number of hydrogen-bond acceptors (Lipinski definition) is 4. The topological polar surface area (TPSA) is 66.8 Å². The molecule has 0 fully saturated rings. The molecule has 1 N–H and O–H groups in total. The first kappa shape index (κ1) is 16.4. The van der Waals surface area contributed by atoms with E-state index in [1.807, 2.05) is 30.3 Å². The van der Waals surface area contributed by atoms with Crippen molar-refractivity contribution in [1.82, 2.24) is 4.90 Å². The number of rotatable bonds is 2. The van der Waals surface area contributed by atoms with Crippen LogP contribution in [0.4, 0.5) is 0 Å². The molecule has 0 saturated heterocycles. The van der Waals surface area contributed by atoms with E-state index in [4.69, 9.17) is 4.74 Å². The summed E-state index contributed by atoms with van der Waals surface area (Å²) < 4.78 is 6.06. The van der Waals surface area contributed by atoms with E-state index in [0.29, 0.717) is 11.3 Å². The van der Waals surface area contributed by atoms with Gasteiger partial charge in [-0.1, -0.05) is 30.3 Å². The number of carbonyl (C=O) groups excluding carboxylic acids is 2. The van der Waals surface area contributed by atoms with Gasteiger partial charge in [-0.3, -0.25) is 14.5 Å². The van der Waals surface area contributed by atoms with Crippen LogP contribution < -0.4 is 4.74 Å². The fraction of sp³-hybridized carbons (Fsp3) is 0.238. The largest absolute Gasteiger partial charge is 0.508 e. The molecular weight excluding hydrogens is 330 g/mol. The molecule has 3 atom stereocenters. The zero-order valence-corrected chi connectivity index (χ0v) is 14.5. The molecule has 0 aliphatic carbocycles. The fourth-order valence-corrected chi connectivity index (χ4v) is 3.96. The molecule has 5 nitrogen and oxygen atoms in total. The summed E-state index contributed by atoms with van der Waals surface area (Å²) in [6.45, 7) is 2.97. The van der Waals surface area contributed by atoms with Crippen molar-refractivity contribution >= 4 is 11.7 Å². The Morgan fingerprint density at radius 1 is 1.08 bits per heavy atom. The van der Waals surface area contributed by atoms with Gasteiger partial charge in [0.2, 0.25) is 5.91 Å². The molecule has 2 heterocycles. The third-order valence-electron chi connectivity index (χ3n) is 5.08. The van der Waals surface area contributed by atoms with E-state index < -0.39 is 6.23 Å². The minimum Gasteiger partial charge on any atom is -0.508 e. The average Bonchev–Trinajstić information content (AvgIpc) is 2.99. The third kappa shape index (κ3) is 2.47. The molecule has 0 aromatic heterocycles. The van der Waals surface area contributed by atoms with Crippen LogP contribution in [-0.4, -0.2) is 27.9 Å². The van der Waals surface area contributed by atoms with Gasteiger partial charge < -0.3 is 9.84 Å². The van der Waals surface area contributed by atoms with Gasteiger partial charge in [-0.2, -0.15) is 0 Å². The number of amides is 1. The summed E-state index contributed by atoms with van der Waals surface area (Å²) >= 11 is 0. The lowest BCUT2D eigenvalue weighted by Gasteiger charge is -2.39. The molecule has 2 aliphatic heterocycles. The number of hydrogen-bond donors (Lipinski definition) is 1. The number of ketones is 1. The highest BCUT2D eigenvalue weighted by molar-refractivity contribution is 5.96. The Balaban J connectivity index is 1.95. The van der Waals surface area contributed by atoms with Crippen LogP contribution in [0.15, 0.2) is 60.3 Å². The SMILES string of the molecule is CC(=O)C1=CN(C(C)=O)[C@H]2Oc3ccc(O)cc3[C@@H]2[C@@H]1c1ccccc1. The van der Waals surface area contributed by atoms with Crippen LogP contribution in [0.3, 0.4) is 0 Å². The fourth-order valence-electron chi connectivity index (χ4n) is 3.96. The van der Waals surface area contributed by atoms with Crippen molar-refractivity contribution in [3.8, 4) is 11.5 Å². The van der Waals surface area contributed by atoms with E-state index in [9.17, 15) is 14.7 Å². The lowest BCUT2D eigenvalue weighted by atomic mass is 9.73. The molecule has 4 rings (SSSR count). The van der Waals surface area contributed by atoms with E-state index >= 15 is 0 Å². The van der Waals surface area contributed by atoms with Crippen LogP contribution in [0.25, 0.3) is 0 Å². The smallest absolute Gasteiger partial charge is 0.226 e. The number of aromatic hydroxyl groups is 1. The van der Waals surface area contributed by atoms with E-state index in [1.54, 1.807) is 24.4 Å². The maximum absolute atomic E-state index is 12.4. The molecule has 1 amide bonds. The van der Waals surface area contributed by atoms with E-state index in [2.05, 4.69) is 0 Å². The quantitative estimate of drug-likeness (QED) is 0.903. The van der Waals surface area contributed by atoms with Gasteiger partial charge >= 0.3 is 0 Å². The minimum atomic E-state index is -0.544. The monoisotopic (exact) mass is 349 g/mol. The van der Waals surface area contributed by atoms with Gasteiger partial charge in [-0.05, 0) is 30.7 Å². The van der Waals surface area contributed by atoms with Crippen molar-refractivity contribution < 1.29 is 19.4 Å². The summed E-state index contributed by atoms with van der Waals surface area (Å²) in [5, 5.41) is 9.98. The van der Waals surface area contributed by atoms with E-state index in [1.165, 1.54) is 18.7 Å². The zero-order valence-electron chi connectivity index (χ0n) is 14.5. The van der Waals surface area contributed by atoms with Crippen LogP contribution in [0.2, 0.25) is 0 Å². The van der Waals surface area contributed by atoms with Crippen LogP contribution in [0, 0.1) is 0 Å². The molecule has 2 aliphatic rings. The first-order valence-electron chi connectivity index (χ1n) is 8.53. The molecular formula is C21H19NO4. The average molecular weight is 349 g/mol. The van der Waals surface area contributed by atoms with Crippen LogP contribution in [0.1, 0.15) is 36.8 Å². The highest BCUT2D eigenvalue weighted by atomic mass is 16.5. The Morgan fingerprint density at radius 3 is 2.46 bits per heavy atom. The summed E-state index contributed by atoms with van der Waals surface area (Å²) in [5.74, 6) is -0.0413. The Labute approximate surface area is 151 Å². The van der Waals surface area contributed by atoms with Crippen LogP contribution >= 0.6 is 0 Å². The van der Waals surface area contributed by atoms with Gasteiger partial charge in [0.25, 0.3) is 0 Å². The van der Waals surface area contributed by atoms with Crippen molar-refractivity contribution in [1.29, 1.82) is 0 Å². The summed E-state index contributed by atoms with van der Waals surface area (Å²) in [5.41, 5.74) is 2.35.